The molecule has 17 heavy (non-hydrogen) atoms. The minimum Gasteiger partial charge on any atom is -0.380 e. The van der Waals surface area contributed by atoms with Crippen molar-refractivity contribution in [3.63, 3.8) is 0 Å². The van der Waals surface area contributed by atoms with E-state index in [9.17, 15) is 0 Å². The first-order valence-corrected chi connectivity index (χ1v) is 6.86. The highest BCUT2D eigenvalue weighted by molar-refractivity contribution is 5.69. The molecule has 94 valence electrons. The van der Waals surface area contributed by atoms with E-state index in [4.69, 9.17) is 0 Å². The summed E-state index contributed by atoms with van der Waals surface area (Å²) < 4.78 is 2.01. The lowest BCUT2D eigenvalue weighted by atomic mass is 10.1. The fraction of sp³-hybridized carbons (Fsp3) is 0.769. The molecule has 4 heteroatoms. The summed E-state index contributed by atoms with van der Waals surface area (Å²) in [5.41, 5.74) is 2.46. The molecular weight excluding hydrogens is 212 g/mol. The van der Waals surface area contributed by atoms with Gasteiger partial charge in [-0.05, 0) is 31.6 Å². The van der Waals surface area contributed by atoms with Crippen molar-refractivity contribution in [1.82, 2.24) is 9.78 Å². The summed E-state index contributed by atoms with van der Waals surface area (Å²) in [5, 5.41) is 11.9. The van der Waals surface area contributed by atoms with Crippen LogP contribution in [0.3, 0.4) is 0 Å². The third-order valence-electron chi connectivity index (χ3n) is 3.88. The monoisotopic (exact) mass is 234 g/mol. The number of aryl methyl sites for hydroxylation is 2. The Morgan fingerprint density at radius 1 is 1.35 bits per heavy atom. The SMILES string of the molecule is CCCc1nn(C)c2c1NCCC(C1CC1)N2. The maximum absolute atomic E-state index is 4.63. The fourth-order valence-electron chi connectivity index (χ4n) is 2.80. The third kappa shape index (κ3) is 2.01. The van der Waals surface area contributed by atoms with Gasteiger partial charge in [0.15, 0.2) is 0 Å². The predicted octanol–water partition coefficient (Wildman–Crippen LogP) is 2.38. The van der Waals surface area contributed by atoms with Crippen LogP contribution in [0.2, 0.25) is 0 Å². The van der Waals surface area contributed by atoms with E-state index in [1.165, 1.54) is 36.5 Å². The van der Waals surface area contributed by atoms with Gasteiger partial charge in [-0.2, -0.15) is 5.10 Å². The molecule has 0 radical (unpaired) electrons. The summed E-state index contributed by atoms with van der Waals surface area (Å²) in [6.07, 6.45) is 6.23. The van der Waals surface area contributed by atoms with Crippen molar-refractivity contribution < 1.29 is 0 Å². The molecule has 3 rings (SSSR count). The first-order chi connectivity index (χ1) is 8.29. The zero-order valence-corrected chi connectivity index (χ0v) is 10.8. The number of rotatable bonds is 3. The van der Waals surface area contributed by atoms with Gasteiger partial charge < -0.3 is 10.6 Å². The van der Waals surface area contributed by atoms with Gasteiger partial charge in [0.2, 0.25) is 0 Å². The molecule has 1 unspecified atom stereocenters. The molecule has 4 nitrogen and oxygen atoms in total. The third-order valence-corrected chi connectivity index (χ3v) is 3.88. The number of anilines is 2. The Balaban J connectivity index is 1.88. The molecular formula is C13H22N4. The molecule has 2 N–H and O–H groups in total. The minimum absolute atomic E-state index is 0.647. The van der Waals surface area contributed by atoms with Crippen LogP contribution in [0.1, 0.15) is 38.3 Å². The molecule has 1 fully saturated rings. The first kappa shape index (κ1) is 10.9. The Labute approximate surface area is 103 Å². The number of hydrogen-bond donors (Lipinski definition) is 2. The summed E-state index contributed by atoms with van der Waals surface area (Å²) in [6.45, 7) is 3.28. The van der Waals surface area contributed by atoms with E-state index in [2.05, 4.69) is 22.7 Å². The second-order valence-corrected chi connectivity index (χ2v) is 5.35. The number of hydrogen-bond acceptors (Lipinski definition) is 3. The molecule has 1 atom stereocenters. The second-order valence-electron chi connectivity index (χ2n) is 5.35. The zero-order valence-electron chi connectivity index (χ0n) is 10.8. The van der Waals surface area contributed by atoms with Crippen LogP contribution >= 0.6 is 0 Å². The number of nitrogens with one attached hydrogen (secondary N) is 2. The second kappa shape index (κ2) is 4.24. The van der Waals surface area contributed by atoms with Gasteiger partial charge in [0, 0.05) is 19.6 Å². The minimum atomic E-state index is 0.647. The Bertz CT molecular complexity index is 406. The van der Waals surface area contributed by atoms with Gasteiger partial charge in [-0.3, -0.25) is 4.68 Å². The molecule has 0 spiro atoms. The average Bonchev–Trinajstić information content (AvgIpc) is 3.11. The highest BCUT2D eigenvalue weighted by atomic mass is 15.3. The number of aromatic nitrogens is 2. The van der Waals surface area contributed by atoms with Crippen molar-refractivity contribution in [2.24, 2.45) is 13.0 Å². The summed E-state index contributed by atoms with van der Waals surface area (Å²) in [6, 6.07) is 0.647. The van der Waals surface area contributed by atoms with E-state index in [0.29, 0.717) is 6.04 Å². The van der Waals surface area contributed by atoms with Crippen LogP contribution in [0.15, 0.2) is 0 Å². The molecule has 1 aliphatic heterocycles. The van der Waals surface area contributed by atoms with Crippen molar-refractivity contribution in [3.8, 4) is 0 Å². The standard InChI is InChI=1S/C13H22N4/c1-3-4-11-12-13(17(2)16-11)15-10(7-8-14-12)9-5-6-9/h9-10,14-15H,3-8H2,1-2H3. The maximum Gasteiger partial charge on any atom is 0.148 e. The predicted molar refractivity (Wildman–Crippen MR) is 70.4 cm³/mol. The van der Waals surface area contributed by atoms with Gasteiger partial charge >= 0.3 is 0 Å². The van der Waals surface area contributed by atoms with Crippen LogP contribution in [0.25, 0.3) is 0 Å². The normalized spacial score (nSPS) is 23.5. The Kier molecular flexibility index (Phi) is 2.73. The van der Waals surface area contributed by atoms with Gasteiger partial charge in [0.1, 0.15) is 11.5 Å². The van der Waals surface area contributed by atoms with Crippen LogP contribution in [0.4, 0.5) is 11.5 Å². The summed E-state index contributed by atoms with van der Waals surface area (Å²) in [7, 11) is 2.04. The number of fused-ring (bicyclic) bond motifs is 1. The molecule has 1 aliphatic carbocycles. The summed E-state index contributed by atoms with van der Waals surface area (Å²) in [4.78, 5) is 0. The van der Waals surface area contributed by atoms with Crippen LogP contribution in [-0.4, -0.2) is 22.4 Å². The van der Waals surface area contributed by atoms with Gasteiger partial charge in [-0.15, -0.1) is 0 Å². The Morgan fingerprint density at radius 2 is 2.18 bits per heavy atom. The van der Waals surface area contributed by atoms with Gasteiger partial charge in [0.25, 0.3) is 0 Å². The van der Waals surface area contributed by atoms with Crippen molar-refractivity contribution in [2.75, 3.05) is 17.2 Å². The lowest BCUT2D eigenvalue weighted by Gasteiger charge is -2.16. The quantitative estimate of drug-likeness (QED) is 0.843. The Hall–Kier alpha value is -1.19. The van der Waals surface area contributed by atoms with E-state index in [1.807, 2.05) is 11.7 Å². The molecule has 0 amide bonds. The van der Waals surface area contributed by atoms with Crippen LogP contribution < -0.4 is 10.6 Å². The highest BCUT2D eigenvalue weighted by Crippen LogP contribution is 2.39. The van der Waals surface area contributed by atoms with Gasteiger partial charge in [-0.1, -0.05) is 13.3 Å². The topological polar surface area (TPSA) is 41.9 Å². The number of nitrogens with zero attached hydrogens (tertiary/aromatic N) is 2. The van der Waals surface area contributed by atoms with E-state index < -0.39 is 0 Å². The zero-order chi connectivity index (χ0) is 11.8. The van der Waals surface area contributed by atoms with Crippen molar-refractivity contribution >= 4 is 11.5 Å². The largest absolute Gasteiger partial charge is 0.380 e. The Morgan fingerprint density at radius 3 is 2.88 bits per heavy atom. The smallest absolute Gasteiger partial charge is 0.148 e. The summed E-state index contributed by atoms with van der Waals surface area (Å²) >= 11 is 0. The molecule has 0 aromatic carbocycles. The molecule has 1 aromatic heterocycles. The van der Waals surface area contributed by atoms with Crippen LogP contribution in [0, 0.1) is 5.92 Å². The fourth-order valence-corrected chi connectivity index (χ4v) is 2.80. The van der Waals surface area contributed by atoms with E-state index in [-0.39, 0.29) is 0 Å². The molecule has 2 heterocycles. The van der Waals surface area contributed by atoms with E-state index >= 15 is 0 Å². The molecule has 0 saturated heterocycles. The molecule has 1 saturated carbocycles. The lowest BCUT2D eigenvalue weighted by Crippen LogP contribution is -2.23. The van der Waals surface area contributed by atoms with Crippen molar-refractivity contribution in [1.29, 1.82) is 0 Å². The van der Waals surface area contributed by atoms with E-state index in [0.717, 1.165) is 25.3 Å². The van der Waals surface area contributed by atoms with Gasteiger partial charge in [-0.25, -0.2) is 0 Å². The first-order valence-electron chi connectivity index (χ1n) is 6.86. The van der Waals surface area contributed by atoms with Crippen molar-refractivity contribution in [3.05, 3.63) is 5.69 Å². The lowest BCUT2D eigenvalue weighted by molar-refractivity contribution is 0.597. The van der Waals surface area contributed by atoms with E-state index in [1.54, 1.807) is 0 Å². The molecule has 1 aromatic rings. The van der Waals surface area contributed by atoms with Gasteiger partial charge in [0.05, 0.1) is 5.69 Å². The van der Waals surface area contributed by atoms with Crippen molar-refractivity contribution in [2.45, 2.75) is 45.1 Å². The van der Waals surface area contributed by atoms with Crippen LogP contribution in [0.5, 0.6) is 0 Å². The molecule has 0 bridgehead atoms. The average molecular weight is 234 g/mol. The highest BCUT2D eigenvalue weighted by Gasteiger charge is 2.33. The maximum atomic E-state index is 4.63. The van der Waals surface area contributed by atoms with Crippen LogP contribution in [-0.2, 0) is 13.5 Å². The molecule has 2 aliphatic rings. The summed E-state index contributed by atoms with van der Waals surface area (Å²) in [5.74, 6) is 2.09.